The Bertz CT molecular complexity index is 1430. The van der Waals surface area contributed by atoms with Gasteiger partial charge in [-0.1, -0.05) is 36.2 Å². The lowest BCUT2D eigenvalue weighted by atomic mass is 10.2. The molecule has 10 heteroatoms. The van der Waals surface area contributed by atoms with Gasteiger partial charge in [0.25, 0.3) is 5.91 Å². The Morgan fingerprint density at radius 3 is 2.53 bits per heavy atom. The Labute approximate surface area is 239 Å². The predicted octanol–water partition coefficient (Wildman–Crippen LogP) is 8.28. The number of nitrogens with zero attached hydrogens (tertiary/aromatic N) is 1. The topological polar surface area (TPSA) is 80.3 Å². The SMILES string of the molecule is CCOc1ccc(-c2csc(NC(=O)C(CC)Sc3cccc(NC(=O)c4ccc(Cl)cc4Cl)c3)n2)cc1. The third kappa shape index (κ3) is 7.29. The molecule has 4 aromatic rings. The quantitative estimate of drug-likeness (QED) is 0.183. The minimum atomic E-state index is -0.343. The zero-order valence-electron chi connectivity index (χ0n) is 20.7. The fourth-order valence-corrected chi connectivity index (χ4v) is 5.77. The van der Waals surface area contributed by atoms with Gasteiger partial charge in [0.2, 0.25) is 5.91 Å². The van der Waals surface area contributed by atoms with E-state index in [0.29, 0.717) is 34.4 Å². The van der Waals surface area contributed by atoms with E-state index >= 15 is 0 Å². The molecule has 1 unspecified atom stereocenters. The van der Waals surface area contributed by atoms with E-state index in [1.54, 1.807) is 18.2 Å². The van der Waals surface area contributed by atoms with Gasteiger partial charge in [0.05, 0.1) is 28.1 Å². The van der Waals surface area contributed by atoms with E-state index in [2.05, 4.69) is 15.6 Å². The number of benzene rings is 3. The number of carbonyl (C=O) groups excluding carboxylic acids is 2. The smallest absolute Gasteiger partial charge is 0.257 e. The molecule has 1 aromatic heterocycles. The van der Waals surface area contributed by atoms with Crippen LogP contribution < -0.4 is 15.4 Å². The standard InChI is InChI=1S/C28H25Cl2N3O3S2/c1-3-25(27(35)33-28-32-24(16-37-28)17-8-11-20(12-9-17)36-4-2)38-21-7-5-6-19(15-21)31-26(34)22-13-10-18(29)14-23(22)30/h5-16,25H,3-4H2,1-2H3,(H,31,34)(H,32,33,35). The van der Waals surface area contributed by atoms with Crippen molar-refractivity contribution in [1.29, 1.82) is 0 Å². The summed E-state index contributed by atoms with van der Waals surface area (Å²) in [4.78, 5) is 31.1. The number of ether oxygens (including phenoxy) is 1. The van der Waals surface area contributed by atoms with Crippen molar-refractivity contribution in [3.8, 4) is 17.0 Å². The first-order valence-electron chi connectivity index (χ1n) is 11.9. The third-order valence-corrected chi connectivity index (χ3v) is 8.07. The van der Waals surface area contributed by atoms with Crippen LogP contribution in [0.5, 0.6) is 5.75 Å². The number of nitrogens with one attached hydrogen (secondary N) is 2. The minimum absolute atomic E-state index is 0.132. The van der Waals surface area contributed by atoms with E-state index in [9.17, 15) is 9.59 Å². The molecule has 0 fully saturated rings. The summed E-state index contributed by atoms with van der Waals surface area (Å²) in [6.07, 6.45) is 0.616. The highest BCUT2D eigenvalue weighted by Gasteiger charge is 2.20. The van der Waals surface area contributed by atoms with Crippen molar-refractivity contribution in [3.05, 3.63) is 87.7 Å². The first-order chi connectivity index (χ1) is 18.4. The van der Waals surface area contributed by atoms with Gasteiger partial charge in [-0.15, -0.1) is 23.1 Å². The lowest BCUT2D eigenvalue weighted by molar-refractivity contribution is -0.115. The number of thioether (sulfide) groups is 1. The second kappa shape index (κ2) is 13.2. The van der Waals surface area contributed by atoms with Gasteiger partial charge in [-0.25, -0.2) is 4.98 Å². The molecular weight excluding hydrogens is 561 g/mol. The summed E-state index contributed by atoms with van der Waals surface area (Å²) in [7, 11) is 0. The molecule has 0 aliphatic heterocycles. The number of aromatic nitrogens is 1. The summed E-state index contributed by atoms with van der Waals surface area (Å²) in [5.74, 6) is 0.332. The second-order valence-electron chi connectivity index (χ2n) is 8.11. The van der Waals surface area contributed by atoms with Crippen LogP contribution in [0.3, 0.4) is 0 Å². The molecule has 38 heavy (non-hydrogen) atoms. The molecule has 0 spiro atoms. The fourth-order valence-electron chi connectivity index (χ4n) is 3.54. The van der Waals surface area contributed by atoms with Crippen LogP contribution >= 0.6 is 46.3 Å². The van der Waals surface area contributed by atoms with Crippen molar-refractivity contribution < 1.29 is 14.3 Å². The summed E-state index contributed by atoms with van der Waals surface area (Å²) < 4.78 is 5.49. The largest absolute Gasteiger partial charge is 0.494 e. The molecule has 0 bridgehead atoms. The van der Waals surface area contributed by atoms with Crippen LogP contribution in [0.4, 0.5) is 10.8 Å². The highest BCUT2D eigenvalue weighted by atomic mass is 35.5. The molecule has 1 atom stereocenters. The minimum Gasteiger partial charge on any atom is -0.494 e. The highest BCUT2D eigenvalue weighted by Crippen LogP contribution is 2.31. The van der Waals surface area contributed by atoms with Crippen molar-refractivity contribution in [2.75, 3.05) is 17.2 Å². The van der Waals surface area contributed by atoms with Crippen molar-refractivity contribution >= 4 is 68.9 Å². The van der Waals surface area contributed by atoms with Gasteiger partial charge < -0.3 is 15.4 Å². The average molecular weight is 587 g/mol. The average Bonchev–Trinajstić information content (AvgIpc) is 3.36. The Morgan fingerprint density at radius 2 is 1.82 bits per heavy atom. The molecule has 0 aliphatic carbocycles. The van der Waals surface area contributed by atoms with Gasteiger partial charge >= 0.3 is 0 Å². The van der Waals surface area contributed by atoms with Crippen LogP contribution in [0.15, 0.2) is 77.0 Å². The van der Waals surface area contributed by atoms with Crippen LogP contribution in [-0.2, 0) is 4.79 Å². The third-order valence-electron chi connectivity index (χ3n) is 5.40. The molecule has 0 saturated heterocycles. The van der Waals surface area contributed by atoms with Crippen LogP contribution in [0.25, 0.3) is 11.3 Å². The lowest BCUT2D eigenvalue weighted by Gasteiger charge is -2.14. The van der Waals surface area contributed by atoms with Crippen LogP contribution in [0.2, 0.25) is 10.0 Å². The molecule has 1 heterocycles. The summed E-state index contributed by atoms with van der Waals surface area (Å²) in [6, 6.07) is 19.8. The molecule has 3 aromatic carbocycles. The van der Waals surface area contributed by atoms with Crippen LogP contribution in [0, 0.1) is 0 Å². The first-order valence-corrected chi connectivity index (χ1v) is 14.4. The Balaban J connectivity index is 1.38. The predicted molar refractivity (Wildman–Crippen MR) is 158 cm³/mol. The number of rotatable bonds is 10. The van der Waals surface area contributed by atoms with Gasteiger partial charge in [-0.05, 0) is 74.0 Å². The number of hydrogen-bond acceptors (Lipinski definition) is 6. The Morgan fingerprint density at radius 1 is 1.03 bits per heavy atom. The van der Waals surface area contributed by atoms with Crippen LogP contribution in [0.1, 0.15) is 30.6 Å². The molecule has 4 rings (SSSR count). The number of carbonyl (C=O) groups is 2. The molecule has 2 N–H and O–H groups in total. The maximum Gasteiger partial charge on any atom is 0.257 e. The monoisotopic (exact) mass is 585 g/mol. The second-order valence-corrected chi connectivity index (χ2v) is 11.1. The summed E-state index contributed by atoms with van der Waals surface area (Å²) in [6.45, 7) is 4.51. The maximum atomic E-state index is 13.0. The summed E-state index contributed by atoms with van der Waals surface area (Å²) >= 11 is 14.9. The number of thiazole rings is 1. The Hall–Kier alpha value is -3.04. The fraction of sp³-hybridized carbons (Fsp3) is 0.179. The highest BCUT2D eigenvalue weighted by molar-refractivity contribution is 8.00. The van der Waals surface area contributed by atoms with E-state index in [4.69, 9.17) is 27.9 Å². The van der Waals surface area contributed by atoms with Crippen molar-refractivity contribution in [3.63, 3.8) is 0 Å². The number of anilines is 2. The zero-order chi connectivity index (χ0) is 27.1. The number of hydrogen-bond donors (Lipinski definition) is 2. The van der Waals surface area contributed by atoms with Gasteiger partial charge in [-0.2, -0.15) is 0 Å². The number of amides is 2. The van der Waals surface area contributed by atoms with Gasteiger partial charge in [0.1, 0.15) is 5.75 Å². The molecular formula is C28H25Cl2N3O3S2. The lowest BCUT2D eigenvalue weighted by Crippen LogP contribution is -2.24. The van der Waals surface area contributed by atoms with E-state index < -0.39 is 0 Å². The molecule has 0 saturated carbocycles. The first kappa shape index (κ1) is 28.0. The van der Waals surface area contributed by atoms with Crippen molar-refractivity contribution in [2.24, 2.45) is 0 Å². The number of halogens is 2. The van der Waals surface area contributed by atoms with Crippen molar-refractivity contribution in [1.82, 2.24) is 4.98 Å². The summed E-state index contributed by atoms with van der Waals surface area (Å²) in [5.41, 5.74) is 2.66. The molecule has 0 aliphatic rings. The molecule has 2 amide bonds. The maximum absolute atomic E-state index is 13.0. The van der Waals surface area contributed by atoms with E-state index in [0.717, 1.165) is 21.9 Å². The van der Waals surface area contributed by atoms with Gasteiger partial charge in [0.15, 0.2) is 5.13 Å². The van der Waals surface area contributed by atoms with Crippen LogP contribution in [-0.4, -0.2) is 28.7 Å². The van der Waals surface area contributed by atoms with E-state index in [-0.39, 0.29) is 22.1 Å². The molecule has 196 valence electrons. The van der Waals surface area contributed by atoms with Gasteiger partial charge in [0, 0.05) is 26.5 Å². The van der Waals surface area contributed by atoms with E-state index in [1.807, 2.05) is 61.7 Å². The normalized spacial score (nSPS) is 11.6. The van der Waals surface area contributed by atoms with Crippen molar-refractivity contribution in [2.45, 2.75) is 30.4 Å². The molecule has 6 nitrogen and oxygen atoms in total. The molecule has 0 radical (unpaired) electrons. The van der Waals surface area contributed by atoms with E-state index in [1.165, 1.54) is 29.2 Å². The summed E-state index contributed by atoms with van der Waals surface area (Å²) in [5, 5.41) is 8.64. The zero-order valence-corrected chi connectivity index (χ0v) is 23.8. The Kier molecular flexibility index (Phi) is 9.69. The van der Waals surface area contributed by atoms with Gasteiger partial charge in [-0.3, -0.25) is 9.59 Å².